The van der Waals surface area contributed by atoms with E-state index in [0.29, 0.717) is 18.5 Å². The van der Waals surface area contributed by atoms with Crippen LogP contribution < -0.4 is 0 Å². The number of carbonyl (C=O) groups is 1. The van der Waals surface area contributed by atoms with E-state index in [-0.39, 0.29) is 0 Å². The zero-order valence-electron chi connectivity index (χ0n) is 15.4. The molecule has 2 atom stereocenters. The number of nitrogens with zero attached hydrogens (tertiary/aromatic N) is 3. The molecule has 3 rings (SSSR count). The molecule has 1 aliphatic carbocycles. The van der Waals surface area contributed by atoms with E-state index in [2.05, 4.69) is 14.7 Å². The number of hydrogen-bond donors (Lipinski definition) is 0. The lowest BCUT2D eigenvalue weighted by atomic mass is 9.78. The van der Waals surface area contributed by atoms with Gasteiger partial charge in [0.15, 0.2) is 0 Å². The molecule has 2 saturated heterocycles. The van der Waals surface area contributed by atoms with Gasteiger partial charge < -0.3 is 9.64 Å². The molecule has 24 heavy (non-hydrogen) atoms. The van der Waals surface area contributed by atoms with E-state index in [1.54, 1.807) is 0 Å². The summed E-state index contributed by atoms with van der Waals surface area (Å²) in [4.78, 5) is 19.9. The van der Waals surface area contributed by atoms with Crippen LogP contribution in [0.15, 0.2) is 0 Å². The van der Waals surface area contributed by atoms with Crippen molar-refractivity contribution in [1.82, 2.24) is 14.7 Å². The Hall–Kier alpha value is -0.650. The number of ether oxygens (including phenoxy) is 1. The van der Waals surface area contributed by atoms with E-state index in [1.165, 1.54) is 38.5 Å². The van der Waals surface area contributed by atoms with Crippen LogP contribution in [0.2, 0.25) is 0 Å². The third-order valence-corrected chi connectivity index (χ3v) is 6.14. The molecule has 0 aromatic carbocycles. The van der Waals surface area contributed by atoms with Crippen LogP contribution in [0, 0.1) is 5.92 Å². The second kappa shape index (κ2) is 9.16. The first kappa shape index (κ1) is 18.2. The first-order valence-corrected chi connectivity index (χ1v) is 10.1. The molecule has 3 aliphatic rings. The van der Waals surface area contributed by atoms with Crippen LogP contribution in [0.1, 0.15) is 45.4 Å². The number of carbonyl (C=O) groups excluding carboxylic acids is 1. The smallest absolute Gasteiger partial charge is 0.237 e. The Morgan fingerprint density at radius 1 is 0.958 bits per heavy atom. The summed E-state index contributed by atoms with van der Waals surface area (Å²) >= 11 is 0. The van der Waals surface area contributed by atoms with E-state index in [1.807, 2.05) is 6.92 Å². The first-order chi connectivity index (χ1) is 11.8. The Bertz CT molecular complexity index is 394. The van der Waals surface area contributed by atoms with Gasteiger partial charge in [0.25, 0.3) is 0 Å². The number of rotatable bonds is 6. The Balaban J connectivity index is 1.42. The summed E-state index contributed by atoms with van der Waals surface area (Å²) < 4.78 is 5.44. The van der Waals surface area contributed by atoms with Gasteiger partial charge >= 0.3 is 0 Å². The molecule has 138 valence electrons. The van der Waals surface area contributed by atoms with E-state index >= 15 is 0 Å². The van der Waals surface area contributed by atoms with Gasteiger partial charge in [0.1, 0.15) is 0 Å². The maximum atomic E-state index is 12.9. The predicted octanol–water partition coefficient (Wildman–Crippen LogP) is 1.82. The fraction of sp³-hybridized carbons (Fsp3) is 0.947. The molecule has 2 heterocycles. The van der Waals surface area contributed by atoms with Gasteiger partial charge in [-0.1, -0.05) is 12.8 Å². The van der Waals surface area contributed by atoms with Crippen molar-refractivity contribution >= 4 is 5.91 Å². The molecule has 2 aliphatic heterocycles. The van der Waals surface area contributed by atoms with Gasteiger partial charge in [-0.3, -0.25) is 14.6 Å². The molecule has 0 aromatic heterocycles. The molecule has 3 fully saturated rings. The Morgan fingerprint density at radius 3 is 2.46 bits per heavy atom. The summed E-state index contributed by atoms with van der Waals surface area (Å²) in [5.74, 6) is 1.17. The molecule has 0 unspecified atom stereocenters. The third-order valence-electron chi connectivity index (χ3n) is 6.14. The first-order valence-electron chi connectivity index (χ1n) is 10.1. The maximum absolute atomic E-state index is 12.9. The van der Waals surface area contributed by atoms with Crippen molar-refractivity contribution in [1.29, 1.82) is 0 Å². The predicted molar refractivity (Wildman–Crippen MR) is 96.1 cm³/mol. The summed E-state index contributed by atoms with van der Waals surface area (Å²) in [5.41, 5.74) is 0. The highest BCUT2D eigenvalue weighted by Gasteiger charge is 2.36. The van der Waals surface area contributed by atoms with E-state index in [4.69, 9.17) is 4.74 Å². The lowest BCUT2D eigenvalue weighted by Crippen LogP contribution is -2.55. The molecule has 0 aromatic rings. The summed E-state index contributed by atoms with van der Waals surface area (Å²) in [6.07, 6.45) is 7.80. The number of piperazine rings is 1. The van der Waals surface area contributed by atoms with Crippen molar-refractivity contribution in [3.63, 3.8) is 0 Å². The van der Waals surface area contributed by atoms with Crippen LogP contribution in [0.3, 0.4) is 0 Å². The molecule has 0 spiro atoms. The number of amides is 1. The van der Waals surface area contributed by atoms with Gasteiger partial charge in [-0.15, -0.1) is 0 Å². The second-order valence-corrected chi connectivity index (χ2v) is 7.66. The lowest BCUT2D eigenvalue weighted by Gasteiger charge is -2.45. The molecule has 5 heteroatoms. The molecule has 5 nitrogen and oxygen atoms in total. The van der Waals surface area contributed by atoms with Crippen molar-refractivity contribution in [2.75, 3.05) is 59.0 Å². The average molecular weight is 338 g/mol. The van der Waals surface area contributed by atoms with Crippen molar-refractivity contribution in [2.24, 2.45) is 5.92 Å². The Morgan fingerprint density at radius 2 is 1.67 bits per heavy atom. The van der Waals surface area contributed by atoms with Crippen LogP contribution in [0.25, 0.3) is 0 Å². The molecule has 1 saturated carbocycles. The largest absolute Gasteiger partial charge is 0.380 e. The minimum atomic E-state index is 0.384. The van der Waals surface area contributed by atoms with Crippen LogP contribution in [-0.4, -0.2) is 85.7 Å². The highest BCUT2D eigenvalue weighted by Crippen LogP contribution is 2.35. The molecule has 0 bridgehead atoms. The van der Waals surface area contributed by atoms with E-state index in [0.717, 1.165) is 58.4 Å². The van der Waals surface area contributed by atoms with Crippen LogP contribution in [0.4, 0.5) is 0 Å². The summed E-state index contributed by atoms with van der Waals surface area (Å²) in [5, 5.41) is 0. The minimum absolute atomic E-state index is 0.384. The fourth-order valence-corrected chi connectivity index (χ4v) is 4.73. The Kier molecular flexibility index (Phi) is 6.93. The standard InChI is InChI=1S/C19H35N3O2/c1-2-24-15-14-20-10-12-21(13-11-20)16-19(23)22-9-5-7-17-6-3-4-8-18(17)22/h17-18H,2-16H2,1H3/t17-,18+/m1/s1. The molecular formula is C19H35N3O2. The summed E-state index contributed by atoms with van der Waals surface area (Å²) in [7, 11) is 0. The third kappa shape index (κ3) is 4.70. The highest BCUT2D eigenvalue weighted by atomic mass is 16.5. The number of hydrogen-bond acceptors (Lipinski definition) is 4. The number of fused-ring (bicyclic) bond motifs is 1. The molecule has 0 radical (unpaired) electrons. The molecular weight excluding hydrogens is 302 g/mol. The number of likely N-dealkylation sites (tertiary alicyclic amines) is 1. The monoisotopic (exact) mass is 337 g/mol. The van der Waals surface area contributed by atoms with Crippen LogP contribution in [-0.2, 0) is 9.53 Å². The van der Waals surface area contributed by atoms with Crippen LogP contribution >= 0.6 is 0 Å². The maximum Gasteiger partial charge on any atom is 0.237 e. The van der Waals surface area contributed by atoms with Gasteiger partial charge in [-0.05, 0) is 38.5 Å². The average Bonchev–Trinajstić information content (AvgIpc) is 2.63. The SMILES string of the molecule is CCOCCN1CCN(CC(=O)N2CCC[C@H]3CCCC[C@@H]32)CC1. The van der Waals surface area contributed by atoms with Gasteiger partial charge in [-0.2, -0.15) is 0 Å². The lowest BCUT2D eigenvalue weighted by molar-refractivity contribution is -0.139. The Labute approximate surface area is 147 Å². The second-order valence-electron chi connectivity index (χ2n) is 7.66. The van der Waals surface area contributed by atoms with Gasteiger partial charge in [0, 0.05) is 51.9 Å². The zero-order valence-corrected chi connectivity index (χ0v) is 15.4. The van der Waals surface area contributed by atoms with Crippen molar-refractivity contribution in [3.05, 3.63) is 0 Å². The van der Waals surface area contributed by atoms with Gasteiger partial charge in [0.05, 0.1) is 13.2 Å². The summed E-state index contributed by atoms with van der Waals surface area (Å²) in [6.45, 7) is 10.5. The van der Waals surface area contributed by atoms with Crippen molar-refractivity contribution < 1.29 is 9.53 Å². The fourth-order valence-electron chi connectivity index (χ4n) is 4.73. The quantitative estimate of drug-likeness (QED) is 0.693. The van der Waals surface area contributed by atoms with E-state index in [9.17, 15) is 4.79 Å². The van der Waals surface area contributed by atoms with Crippen molar-refractivity contribution in [2.45, 2.75) is 51.5 Å². The van der Waals surface area contributed by atoms with Gasteiger partial charge in [0.2, 0.25) is 5.91 Å². The normalized spacial score (nSPS) is 29.5. The van der Waals surface area contributed by atoms with Gasteiger partial charge in [-0.25, -0.2) is 0 Å². The highest BCUT2D eigenvalue weighted by molar-refractivity contribution is 5.78. The zero-order chi connectivity index (χ0) is 16.8. The van der Waals surface area contributed by atoms with E-state index < -0.39 is 0 Å². The summed E-state index contributed by atoms with van der Waals surface area (Å²) in [6, 6.07) is 0.549. The molecule has 0 N–H and O–H groups in total. The topological polar surface area (TPSA) is 36.0 Å². The number of piperidine rings is 1. The minimum Gasteiger partial charge on any atom is -0.380 e. The van der Waals surface area contributed by atoms with Crippen LogP contribution in [0.5, 0.6) is 0 Å². The van der Waals surface area contributed by atoms with Crippen molar-refractivity contribution in [3.8, 4) is 0 Å². The molecule has 1 amide bonds.